The van der Waals surface area contributed by atoms with Gasteiger partial charge in [-0.15, -0.1) is 0 Å². The number of sulfonamides is 1. The van der Waals surface area contributed by atoms with E-state index in [9.17, 15) is 12.8 Å². The Kier molecular flexibility index (Phi) is 4.15. The molecular weight excluding hydrogens is 293 g/mol. The lowest BCUT2D eigenvalue weighted by Gasteiger charge is -2.12. The van der Waals surface area contributed by atoms with Crippen molar-refractivity contribution in [1.29, 1.82) is 0 Å². The van der Waals surface area contributed by atoms with Gasteiger partial charge in [0, 0.05) is 12.2 Å². The molecule has 21 heavy (non-hydrogen) atoms. The molecule has 0 spiro atoms. The average Bonchev–Trinajstić information content (AvgIpc) is 2.40. The largest absolute Gasteiger partial charge is 0.399 e. The van der Waals surface area contributed by atoms with Crippen molar-refractivity contribution in [3.63, 3.8) is 0 Å². The summed E-state index contributed by atoms with van der Waals surface area (Å²) in [5, 5.41) is 7.86. The molecule has 7 heteroatoms. The molecule has 5 N–H and O–H groups in total. The first-order valence-corrected chi connectivity index (χ1v) is 7.74. The second-order valence-corrected chi connectivity index (χ2v) is 6.23. The van der Waals surface area contributed by atoms with Crippen LogP contribution in [-0.4, -0.2) is 8.42 Å². The molecule has 0 saturated carbocycles. The first-order chi connectivity index (χ1) is 9.79. The standard InChI is InChI=1S/C14H16FN3O2S/c1-9-10(3-2-4-13(9)16)8-18-14-6-5-11(7-12(14)15)21(17,19)20/h2-7,18H,8,16H2,1H3,(H2,17,19,20). The maximum Gasteiger partial charge on any atom is 0.238 e. The third kappa shape index (κ3) is 3.50. The Morgan fingerprint density at radius 2 is 1.95 bits per heavy atom. The van der Waals surface area contributed by atoms with Crippen LogP contribution in [0.3, 0.4) is 0 Å². The third-order valence-corrected chi connectivity index (χ3v) is 4.14. The van der Waals surface area contributed by atoms with Gasteiger partial charge in [0.15, 0.2) is 0 Å². The van der Waals surface area contributed by atoms with Gasteiger partial charge in [-0.05, 0) is 42.3 Å². The van der Waals surface area contributed by atoms with Crippen molar-refractivity contribution >= 4 is 21.4 Å². The smallest absolute Gasteiger partial charge is 0.238 e. The summed E-state index contributed by atoms with van der Waals surface area (Å²) in [5.41, 5.74) is 8.53. The van der Waals surface area contributed by atoms with Gasteiger partial charge in [-0.3, -0.25) is 0 Å². The lowest BCUT2D eigenvalue weighted by atomic mass is 10.1. The molecule has 0 aliphatic rings. The van der Waals surface area contributed by atoms with E-state index in [4.69, 9.17) is 10.9 Å². The van der Waals surface area contributed by atoms with Crippen LogP contribution < -0.4 is 16.2 Å². The van der Waals surface area contributed by atoms with Crippen molar-refractivity contribution in [2.45, 2.75) is 18.4 Å². The lowest BCUT2D eigenvalue weighted by molar-refractivity contribution is 0.593. The highest BCUT2D eigenvalue weighted by Crippen LogP contribution is 2.21. The van der Waals surface area contributed by atoms with Crippen LogP contribution >= 0.6 is 0 Å². The topological polar surface area (TPSA) is 98.2 Å². The fourth-order valence-electron chi connectivity index (χ4n) is 1.90. The summed E-state index contributed by atoms with van der Waals surface area (Å²) >= 11 is 0. The minimum absolute atomic E-state index is 0.198. The summed E-state index contributed by atoms with van der Waals surface area (Å²) in [4.78, 5) is -0.259. The fraction of sp³-hybridized carbons (Fsp3) is 0.143. The quantitative estimate of drug-likeness (QED) is 0.752. The highest BCUT2D eigenvalue weighted by molar-refractivity contribution is 7.89. The minimum Gasteiger partial charge on any atom is -0.399 e. The molecule has 0 heterocycles. The predicted molar refractivity (Wildman–Crippen MR) is 80.7 cm³/mol. The highest BCUT2D eigenvalue weighted by Gasteiger charge is 2.11. The first kappa shape index (κ1) is 15.3. The number of hydrogen-bond acceptors (Lipinski definition) is 4. The van der Waals surface area contributed by atoms with E-state index in [0.717, 1.165) is 17.2 Å². The molecule has 5 nitrogen and oxygen atoms in total. The Bertz CT molecular complexity index is 776. The minimum atomic E-state index is -3.91. The molecule has 2 rings (SSSR count). The predicted octanol–water partition coefficient (Wildman–Crippen LogP) is 1.98. The summed E-state index contributed by atoms with van der Waals surface area (Å²) in [7, 11) is -3.91. The molecule has 0 bridgehead atoms. The summed E-state index contributed by atoms with van der Waals surface area (Å²) in [6.07, 6.45) is 0. The third-order valence-electron chi connectivity index (χ3n) is 3.23. The van der Waals surface area contributed by atoms with Crippen molar-refractivity contribution in [2.24, 2.45) is 5.14 Å². The molecule has 2 aromatic rings. The molecule has 0 aromatic heterocycles. The van der Waals surface area contributed by atoms with Crippen LogP contribution in [0.15, 0.2) is 41.3 Å². The zero-order chi connectivity index (χ0) is 15.6. The number of benzene rings is 2. The molecule has 0 unspecified atom stereocenters. The fourth-order valence-corrected chi connectivity index (χ4v) is 2.43. The Labute approximate surface area is 122 Å². The zero-order valence-electron chi connectivity index (χ0n) is 11.4. The maximum atomic E-state index is 13.9. The Morgan fingerprint density at radius 1 is 1.24 bits per heavy atom. The van der Waals surface area contributed by atoms with Crippen molar-refractivity contribution in [3.05, 3.63) is 53.3 Å². The van der Waals surface area contributed by atoms with Gasteiger partial charge in [0.05, 0.1) is 10.6 Å². The van der Waals surface area contributed by atoms with Gasteiger partial charge in [-0.2, -0.15) is 0 Å². The second-order valence-electron chi connectivity index (χ2n) is 4.67. The van der Waals surface area contributed by atoms with E-state index in [0.29, 0.717) is 12.2 Å². The normalized spacial score (nSPS) is 11.4. The Morgan fingerprint density at radius 3 is 2.57 bits per heavy atom. The zero-order valence-corrected chi connectivity index (χ0v) is 12.2. The van der Waals surface area contributed by atoms with Crippen LogP contribution in [0.25, 0.3) is 0 Å². The van der Waals surface area contributed by atoms with Crippen LogP contribution in [0.4, 0.5) is 15.8 Å². The Hall–Kier alpha value is -2.12. The van der Waals surface area contributed by atoms with Gasteiger partial charge < -0.3 is 11.1 Å². The van der Waals surface area contributed by atoms with Crippen molar-refractivity contribution < 1.29 is 12.8 Å². The first-order valence-electron chi connectivity index (χ1n) is 6.19. The van der Waals surface area contributed by atoms with Crippen LogP contribution in [-0.2, 0) is 16.6 Å². The summed E-state index contributed by atoms with van der Waals surface area (Å²) < 4.78 is 36.1. The van der Waals surface area contributed by atoms with Crippen LogP contribution in [0.5, 0.6) is 0 Å². The highest BCUT2D eigenvalue weighted by atomic mass is 32.2. The molecule has 2 aromatic carbocycles. The van der Waals surface area contributed by atoms with Crippen LogP contribution in [0.2, 0.25) is 0 Å². The van der Waals surface area contributed by atoms with E-state index in [1.807, 2.05) is 19.1 Å². The summed E-state index contributed by atoms with van der Waals surface area (Å²) in [6.45, 7) is 2.26. The number of hydrogen-bond donors (Lipinski definition) is 3. The second kappa shape index (κ2) is 5.71. The molecule has 0 aliphatic carbocycles. The van der Waals surface area contributed by atoms with E-state index in [1.165, 1.54) is 12.1 Å². The van der Waals surface area contributed by atoms with E-state index in [2.05, 4.69) is 5.32 Å². The monoisotopic (exact) mass is 309 g/mol. The van der Waals surface area contributed by atoms with Crippen LogP contribution in [0.1, 0.15) is 11.1 Å². The number of rotatable bonds is 4. The number of primary sulfonamides is 1. The van der Waals surface area contributed by atoms with E-state index in [1.54, 1.807) is 6.07 Å². The molecule has 0 fully saturated rings. The molecule has 0 atom stereocenters. The summed E-state index contributed by atoms with van der Waals surface area (Å²) in [5.74, 6) is -0.678. The Balaban J connectivity index is 2.19. The molecule has 0 aliphatic heterocycles. The van der Waals surface area contributed by atoms with Crippen molar-refractivity contribution in [2.75, 3.05) is 11.1 Å². The molecule has 0 radical (unpaired) electrons. The van der Waals surface area contributed by atoms with Gasteiger partial charge in [0.1, 0.15) is 5.82 Å². The maximum absolute atomic E-state index is 13.9. The van der Waals surface area contributed by atoms with Gasteiger partial charge in [-0.25, -0.2) is 17.9 Å². The van der Waals surface area contributed by atoms with Crippen LogP contribution in [0, 0.1) is 12.7 Å². The number of anilines is 2. The number of halogens is 1. The number of nitrogen functional groups attached to an aromatic ring is 1. The lowest BCUT2D eigenvalue weighted by Crippen LogP contribution is -2.13. The summed E-state index contributed by atoms with van der Waals surface area (Å²) in [6, 6.07) is 8.99. The van der Waals surface area contributed by atoms with Gasteiger partial charge >= 0.3 is 0 Å². The van der Waals surface area contributed by atoms with Crippen molar-refractivity contribution in [3.8, 4) is 0 Å². The van der Waals surface area contributed by atoms with Gasteiger partial charge in [0.2, 0.25) is 10.0 Å². The van der Waals surface area contributed by atoms with Crippen molar-refractivity contribution in [1.82, 2.24) is 0 Å². The molecule has 0 saturated heterocycles. The van der Waals surface area contributed by atoms with E-state index < -0.39 is 15.8 Å². The number of nitrogens with one attached hydrogen (secondary N) is 1. The van der Waals surface area contributed by atoms with E-state index in [-0.39, 0.29) is 10.6 Å². The molecular formula is C14H16FN3O2S. The van der Waals surface area contributed by atoms with E-state index >= 15 is 0 Å². The molecule has 112 valence electrons. The van der Waals surface area contributed by atoms with Gasteiger partial charge in [-0.1, -0.05) is 12.1 Å². The number of nitrogens with two attached hydrogens (primary N) is 2. The SMILES string of the molecule is Cc1c(N)cccc1CNc1ccc(S(N)(=O)=O)cc1F. The molecule has 0 amide bonds. The van der Waals surface area contributed by atoms with Gasteiger partial charge in [0.25, 0.3) is 0 Å². The average molecular weight is 309 g/mol.